The highest BCUT2D eigenvalue weighted by atomic mass is 35.5. The molecule has 6 heteroatoms. The molecule has 2 aromatic rings. The molecule has 0 fully saturated rings. The van der Waals surface area contributed by atoms with Crippen LogP contribution >= 0.6 is 12.4 Å². The summed E-state index contributed by atoms with van der Waals surface area (Å²) in [6, 6.07) is 9.71. The molecule has 2 rings (SSSR count). The zero-order valence-electron chi connectivity index (χ0n) is 11.0. The molecule has 0 heterocycles. The van der Waals surface area contributed by atoms with Crippen LogP contribution in [0.1, 0.15) is 17.2 Å². The van der Waals surface area contributed by atoms with Crippen LogP contribution in [0.3, 0.4) is 0 Å². The Kier molecular flexibility index (Phi) is 6.20. The van der Waals surface area contributed by atoms with Crippen LogP contribution in [0.2, 0.25) is 0 Å². The molecule has 2 aromatic carbocycles. The number of benzene rings is 2. The molecule has 114 valence electrons. The highest BCUT2D eigenvalue weighted by Crippen LogP contribution is 2.23. The van der Waals surface area contributed by atoms with E-state index in [0.717, 1.165) is 17.7 Å². The number of nitrogens with two attached hydrogens (primary N) is 1. The lowest BCUT2D eigenvalue weighted by Gasteiger charge is -2.20. The summed E-state index contributed by atoms with van der Waals surface area (Å²) in [5.74, 6) is -4.22. The largest absolute Gasteiger partial charge is 0.391 e. The molecule has 2 atom stereocenters. The minimum Gasteiger partial charge on any atom is -0.391 e. The Hall–Kier alpha value is -1.56. The Labute approximate surface area is 126 Å². The number of halogens is 4. The van der Waals surface area contributed by atoms with Gasteiger partial charge in [-0.25, -0.2) is 13.2 Å². The van der Waals surface area contributed by atoms with E-state index in [1.165, 1.54) is 0 Å². The molecule has 0 bridgehead atoms. The lowest BCUT2D eigenvalue weighted by atomic mass is 9.96. The Bertz CT molecular complexity index is 595. The third-order valence-corrected chi connectivity index (χ3v) is 3.13. The molecule has 0 aromatic heterocycles. The fourth-order valence-corrected chi connectivity index (χ4v) is 1.99. The lowest BCUT2D eigenvalue weighted by molar-refractivity contribution is 0.143. The molecule has 0 amide bonds. The molecule has 0 saturated carbocycles. The van der Waals surface area contributed by atoms with Gasteiger partial charge >= 0.3 is 0 Å². The van der Waals surface area contributed by atoms with E-state index >= 15 is 0 Å². The van der Waals surface area contributed by atoms with E-state index in [1.54, 1.807) is 24.3 Å². The van der Waals surface area contributed by atoms with Gasteiger partial charge in [0, 0.05) is 12.0 Å². The van der Waals surface area contributed by atoms with E-state index in [1.807, 2.05) is 6.07 Å². The molecule has 21 heavy (non-hydrogen) atoms. The van der Waals surface area contributed by atoms with Gasteiger partial charge < -0.3 is 10.8 Å². The summed E-state index contributed by atoms with van der Waals surface area (Å²) in [4.78, 5) is 0. The van der Waals surface area contributed by atoms with Crippen molar-refractivity contribution in [3.05, 3.63) is 71.0 Å². The molecular weight excluding hydrogens is 303 g/mol. The van der Waals surface area contributed by atoms with Gasteiger partial charge in [-0.3, -0.25) is 0 Å². The van der Waals surface area contributed by atoms with Crippen molar-refractivity contribution in [2.45, 2.75) is 18.6 Å². The summed E-state index contributed by atoms with van der Waals surface area (Å²) in [6.45, 7) is 0. The molecule has 0 aliphatic rings. The number of aliphatic hydroxyl groups is 1. The number of hydrogen-bond donors (Lipinski definition) is 2. The minimum absolute atomic E-state index is 0. The second-order valence-electron chi connectivity index (χ2n) is 4.55. The van der Waals surface area contributed by atoms with Gasteiger partial charge in [0.15, 0.2) is 17.5 Å². The van der Waals surface area contributed by atoms with Crippen molar-refractivity contribution in [1.29, 1.82) is 0 Å². The van der Waals surface area contributed by atoms with Crippen molar-refractivity contribution < 1.29 is 18.3 Å². The van der Waals surface area contributed by atoms with Gasteiger partial charge in [-0.2, -0.15) is 0 Å². The van der Waals surface area contributed by atoms with E-state index in [-0.39, 0.29) is 24.4 Å². The van der Waals surface area contributed by atoms with Crippen LogP contribution in [0.5, 0.6) is 0 Å². The second kappa shape index (κ2) is 7.45. The van der Waals surface area contributed by atoms with Crippen LogP contribution in [-0.4, -0.2) is 11.2 Å². The maximum atomic E-state index is 13.6. The first-order chi connectivity index (χ1) is 9.50. The number of aliphatic hydroxyl groups excluding tert-OH is 1. The summed E-state index contributed by atoms with van der Waals surface area (Å²) in [6.07, 6.45) is -0.905. The topological polar surface area (TPSA) is 46.2 Å². The minimum atomic E-state index is -1.58. The molecule has 0 aliphatic heterocycles. The summed E-state index contributed by atoms with van der Waals surface area (Å²) in [5, 5.41) is 10.0. The maximum absolute atomic E-state index is 13.6. The highest BCUT2D eigenvalue weighted by molar-refractivity contribution is 5.85. The van der Waals surface area contributed by atoms with Crippen LogP contribution in [-0.2, 0) is 6.42 Å². The monoisotopic (exact) mass is 317 g/mol. The Morgan fingerprint density at radius 3 is 2.19 bits per heavy atom. The molecule has 0 aliphatic carbocycles. The third kappa shape index (κ3) is 3.97. The molecule has 0 spiro atoms. The fourth-order valence-electron chi connectivity index (χ4n) is 1.99. The third-order valence-electron chi connectivity index (χ3n) is 3.13. The smallest absolute Gasteiger partial charge is 0.194 e. The van der Waals surface area contributed by atoms with E-state index in [4.69, 9.17) is 5.73 Å². The van der Waals surface area contributed by atoms with E-state index in [0.29, 0.717) is 0 Å². The van der Waals surface area contributed by atoms with Crippen molar-refractivity contribution in [3.8, 4) is 0 Å². The Balaban J connectivity index is 0.00000220. The first-order valence-electron chi connectivity index (χ1n) is 6.11. The van der Waals surface area contributed by atoms with Crippen molar-refractivity contribution in [2.75, 3.05) is 0 Å². The van der Waals surface area contributed by atoms with Crippen LogP contribution < -0.4 is 5.73 Å². The van der Waals surface area contributed by atoms with Crippen LogP contribution in [0.4, 0.5) is 13.2 Å². The van der Waals surface area contributed by atoms with Crippen LogP contribution in [0.15, 0.2) is 42.5 Å². The van der Waals surface area contributed by atoms with E-state index < -0.39 is 29.6 Å². The second-order valence-corrected chi connectivity index (χ2v) is 4.55. The molecule has 3 N–H and O–H groups in total. The normalized spacial score (nSPS) is 13.4. The van der Waals surface area contributed by atoms with Gasteiger partial charge in [0.2, 0.25) is 0 Å². The molecule has 2 nitrogen and oxygen atoms in total. The first kappa shape index (κ1) is 17.5. The van der Waals surface area contributed by atoms with Crippen molar-refractivity contribution >= 4 is 12.4 Å². The average Bonchev–Trinajstić information content (AvgIpc) is 2.45. The van der Waals surface area contributed by atoms with Crippen molar-refractivity contribution in [3.63, 3.8) is 0 Å². The number of rotatable bonds is 4. The average molecular weight is 318 g/mol. The zero-order valence-corrected chi connectivity index (χ0v) is 11.8. The summed E-state index contributed by atoms with van der Waals surface area (Å²) in [5.41, 5.74) is 6.30. The quantitative estimate of drug-likeness (QED) is 0.851. The predicted octanol–water partition coefficient (Wildman–Crippen LogP) is 3.13. The fraction of sp³-hybridized carbons (Fsp3) is 0.200. The molecular formula is C15H15ClF3NO. The zero-order chi connectivity index (χ0) is 14.7. The summed E-state index contributed by atoms with van der Waals surface area (Å²) < 4.78 is 39.6. The van der Waals surface area contributed by atoms with Crippen molar-refractivity contribution in [1.82, 2.24) is 0 Å². The van der Waals surface area contributed by atoms with Gasteiger partial charge in [-0.15, -0.1) is 12.4 Å². The standard InChI is InChI=1S/C15H14F3NO.ClH/c16-11-7-6-10(13(17)14(11)18)15(19)12(20)8-9-4-2-1-3-5-9;/h1-7,12,15,20H,8,19H2;1H/t12-,15+;/m1./s1. The maximum Gasteiger partial charge on any atom is 0.194 e. The van der Waals surface area contributed by atoms with Gasteiger partial charge in [0.05, 0.1) is 12.1 Å². The predicted molar refractivity (Wildman–Crippen MR) is 76.6 cm³/mol. The molecule has 0 radical (unpaired) electrons. The van der Waals surface area contributed by atoms with E-state index in [2.05, 4.69) is 0 Å². The first-order valence-corrected chi connectivity index (χ1v) is 6.11. The highest BCUT2D eigenvalue weighted by Gasteiger charge is 2.23. The van der Waals surface area contributed by atoms with E-state index in [9.17, 15) is 18.3 Å². The van der Waals surface area contributed by atoms with Crippen LogP contribution in [0.25, 0.3) is 0 Å². The van der Waals surface area contributed by atoms with Gasteiger partial charge in [-0.1, -0.05) is 36.4 Å². The SMILES string of the molecule is Cl.N[C@@H](c1ccc(F)c(F)c1F)[C@H](O)Cc1ccccc1. The van der Waals surface area contributed by atoms with Crippen LogP contribution in [0, 0.1) is 17.5 Å². The lowest BCUT2D eigenvalue weighted by Crippen LogP contribution is -2.29. The van der Waals surface area contributed by atoms with Gasteiger partial charge in [0.1, 0.15) is 0 Å². The number of hydrogen-bond acceptors (Lipinski definition) is 2. The summed E-state index contributed by atoms with van der Waals surface area (Å²) in [7, 11) is 0. The van der Waals surface area contributed by atoms with Crippen molar-refractivity contribution in [2.24, 2.45) is 5.73 Å². The molecule has 0 saturated heterocycles. The van der Waals surface area contributed by atoms with Gasteiger partial charge in [0.25, 0.3) is 0 Å². The Morgan fingerprint density at radius 2 is 1.57 bits per heavy atom. The summed E-state index contributed by atoms with van der Waals surface area (Å²) >= 11 is 0. The van der Waals surface area contributed by atoms with Gasteiger partial charge in [-0.05, 0) is 11.6 Å². The Morgan fingerprint density at radius 1 is 0.952 bits per heavy atom. The molecule has 0 unspecified atom stereocenters.